The predicted molar refractivity (Wildman–Crippen MR) is 110 cm³/mol. The van der Waals surface area contributed by atoms with Crippen molar-refractivity contribution in [3.63, 3.8) is 0 Å². The Hall–Kier alpha value is -2.42. The fourth-order valence-electron chi connectivity index (χ4n) is 3.06. The summed E-state index contributed by atoms with van der Waals surface area (Å²) in [5, 5.41) is 3.09. The lowest BCUT2D eigenvalue weighted by Crippen LogP contribution is -2.52. The number of carbonyl (C=O) groups excluding carboxylic acids is 2. The van der Waals surface area contributed by atoms with E-state index in [0.717, 1.165) is 5.56 Å². The molecule has 2 amide bonds. The molecule has 1 saturated heterocycles. The summed E-state index contributed by atoms with van der Waals surface area (Å²) in [4.78, 5) is 26.1. The van der Waals surface area contributed by atoms with Gasteiger partial charge >= 0.3 is 0 Å². The van der Waals surface area contributed by atoms with Crippen LogP contribution in [0.15, 0.2) is 59.5 Å². The lowest BCUT2D eigenvalue weighted by Gasteiger charge is -2.34. The number of sulfonamides is 1. The van der Waals surface area contributed by atoms with Crippen LogP contribution in [0.3, 0.4) is 0 Å². The van der Waals surface area contributed by atoms with Gasteiger partial charge in [-0.2, -0.15) is 4.31 Å². The minimum Gasteiger partial charge on any atom is -0.347 e. The SMILES string of the molecule is O=C(Cc1ccccc1)NCC(=O)N1CCN(S(=O)(=O)c2ccc(Cl)cc2)CC1. The zero-order valence-electron chi connectivity index (χ0n) is 15.8. The number of halogens is 1. The quantitative estimate of drug-likeness (QED) is 0.745. The van der Waals surface area contributed by atoms with Gasteiger partial charge in [-0.15, -0.1) is 0 Å². The molecule has 1 aliphatic rings. The number of nitrogens with zero attached hydrogens (tertiary/aromatic N) is 2. The van der Waals surface area contributed by atoms with Crippen molar-refractivity contribution in [2.24, 2.45) is 0 Å². The van der Waals surface area contributed by atoms with Crippen molar-refractivity contribution in [3.05, 3.63) is 65.2 Å². The molecule has 1 aliphatic heterocycles. The van der Waals surface area contributed by atoms with Crippen LogP contribution >= 0.6 is 11.6 Å². The number of benzene rings is 2. The van der Waals surface area contributed by atoms with Crippen molar-refractivity contribution < 1.29 is 18.0 Å². The molecule has 0 aliphatic carbocycles. The monoisotopic (exact) mass is 435 g/mol. The average molecular weight is 436 g/mol. The average Bonchev–Trinajstić information content (AvgIpc) is 2.73. The second-order valence-electron chi connectivity index (χ2n) is 6.68. The molecular weight excluding hydrogens is 414 g/mol. The second-order valence-corrected chi connectivity index (χ2v) is 9.05. The topological polar surface area (TPSA) is 86.8 Å². The Kier molecular flexibility index (Phi) is 6.89. The third kappa shape index (κ3) is 5.56. The van der Waals surface area contributed by atoms with Gasteiger partial charge in [-0.1, -0.05) is 41.9 Å². The van der Waals surface area contributed by atoms with Gasteiger partial charge in [0.15, 0.2) is 0 Å². The Morgan fingerprint density at radius 3 is 2.17 bits per heavy atom. The highest BCUT2D eigenvalue weighted by molar-refractivity contribution is 7.89. The van der Waals surface area contributed by atoms with Crippen LogP contribution in [-0.2, 0) is 26.0 Å². The molecule has 1 fully saturated rings. The third-order valence-corrected chi connectivity index (χ3v) is 6.85. The maximum Gasteiger partial charge on any atom is 0.243 e. The van der Waals surface area contributed by atoms with Crippen LogP contribution in [0.2, 0.25) is 5.02 Å². The van der Waals surface area contributed by atoms with E-state index in [1.807, 2.05) is 30.3 Å². The van der Waals surface area contributed by atoms with Gasteiger partial charge in [-0.3, -0.25) is 9.59 Å². The Morgan fingerprint density at radius 1 is 0.931 bits per heavy atom. The molecule has 0 bridgehead atoms. The molecule has 0 aromatic heterocycles. The van der Waals surface area contributed by atoms with Crippen molar-refractivity contribution in [3.8, 4) is 0 Å². The lowest BCUT2D eigenvalue weighted by atomic mass is 10.1. The van der Waals surface area contributed by atoms with E-state index in [2.05, 4.69) is 5.32 Å². The molecule has 9 heteroatoms. The molecule has 1 N–H and O–H groups in total. The molecular formula is C20H22ClN3O4S. The van der Waals surface area contributed by atoms with Gasteiger partial charge in [-0.05, 0) is 29.8 Å². The van der Waals surface area contributed by atoms with Crippen molar-refractivity contribution in [2.75, 3.05) is 32.7 Å². The van der Waals surface area contributed by atoms with Crippen LogP contribution in [0, 0.1) is 0 Å². The first-order valence-electron chi connectivity index (χ1n) is 9.20. The molecule has 0 unspecified atom stereocenters. The molecule has 0 radical (unpaired) electrons. The zero-order chi connectivity index (χ0) is 20.9. The van der Waals surface area contributed by atoms with E-state index in [1.165, 1.54) is 28.6 Å². The molecule has 0 spiro atoms. The van der Waals surface area contributed by atoms with Crippen LogP contribution in [0.1, 0.15) is 5.56 Å². The molecule has 0 saturated carbocycles. The van der Waals surface area contributed by atoms with E-state index in [1.54, 1.807) is 4.90 Å². The van der Waals surface area contributed by atoms with Gasteiger partial charge in [0.2, 0.25) is 21.8 Å². The van der Waals surface area contributed by atoms with Gasteiger partial charge < -0.3 is 10.2 Å². The van der Waals surface area contributed by atoms with Gasteiger partial charge in [0, 0.05) is 31.2 Å². The van der Waals surface area contributed by atoms with Gasteiger partial charge in [0.05, 0.1) is 17.9 Å². The first kappa shape index (κ1) is 21.3. The molecule has 0 atom stereocenters. The Bertz CT molecular complexity index is 957. The van der Waals surface area contributed by atoms with Crippen LogP contribution < -0.4 is 5.32 Å². The normalized spacial score (nSPS) is 15.1. The Labute approximate surface area is 175 Å². The van der Waals surface area contributed by atoms with E-state index in [0.29, 0.717) is 5.02 Å². The van der Waals surface area contributed by atoms with E-state index in [-0.39, 0.29) is 55.9 Å². The molecule has 2 aromatic carbocycles. The first-order chi connectivity index (χ1) is 13.9. The number of carbonyl (C=O) groups is 2. The van der Waals surface area contributed by atoms with Crippen LogP contribution in [0.5, 0.6) is 0 Å². The third-order valence-electron chi connectivity index (χ3n) is 4.69. The lowest BCUT2D eigenvalue weighted by molar-refractivity contribution is -0.133. The van der Waals surface area contributed by atoms with Crippen LogP contribution in [0.25, 0.3) is 0 Å². The van der Waals surface area contributed by atoms with E-state index >= 15 is 0 Å². The van der Waals surface area contributed by atoms with Crippen molar-refractivity contribution in [1.82, 2.24) is 14.5 Å². The van der Waals surface area contributed by atoms with E-state index < -0.39 is 10.0 Å². The number of hydrogen-bond donors (Lipinski definition) is 1. The molecule has 3 rings (SSSR count). The summed E-state index contributed by atoms with van der Waals surface area (Å²) in [5.41, 5.74) is 0.874. The molecule has 2 aromatic rings. The minimum absolute atomic E-state index is 0.102. The van der Waals surface area contributed by atoms with E-state index in [4.69, 9.17) is 11.6 Å². The highest BCUT2D eigenvalue weighted by atomic mass is 35.5. The number of piperazine rings is 1. The van der Waals surface area contributed by atoms with Gasteiger partial charge in [0.25, 0.3) is 0 Å². The Balaban J connectivity index is 1.48. The van der Waals surface area contributed by atoms with Gasteiger partial charge in [0.1, 0.15) is 0 Å². The largest absolute Gasteiger partial charge is 0.347 e. The number of amides is 2. The summed E-state index contributed by atoms with van der Waals surface area (Å²) in [5.74, 6) is -0.455. The van der Waals surface area contributed by atoms with Crippen molar-refractivity contribution in [1.29, 1.82) is 0 Å². The fraction of sp³-hybridized carbons (Fsp3) is 0.300. The highest BCUT2D eigenvalue weighted by Gasteiger charge is 2.30. The Morgan fingerprint density at radius 2 is 1.55 bits per heavy atom. The fourth-order valence-corrected chi connectivity index (χ4v) is 4.61. The zero-order valence-corrected chi connectivity index (χ0v) is 17.3. The summed E-state index contributed by atoms with van der Waals surface area (Å²) in [6.45, 7) is 0.860. The van der Waals surface area contributed by atoms with Crippen LogP contribution in [-0.4, -0.2) is 62.2 Å². The van der Waals surface area contributed by atoms with Crippen molar-refractivity contribution in [2.45, 2.75) is 11.3 Å². The maximum absolute atomic E-state index is 12.7. The molecule has 7 nitrogen and oxygen atoms in total. The summed E-state index contributed by atoms with van der Waals surface area (Å²) in [7, 11) is -3.62. The van der Waals surface area contributed by atoms with E-state index in [9.17, 15) is 18.0 Å². The number of nitrogens with one attached hydrogen (secondary N) is 1. The predicted octanol–water partition coefficient (Wildman–Crippen LogP) is 1.53. The summed E-state index contributed by atoms with van der Waals surface area (Å²) in [6.07, 6.45) is 0.210. The smallest absolute Gasteiger partial charge is 0.243 e. The second kappa shape index (κ2) is 9.39. The highest BCUT2D eigenvalue weighted by Crippen LogP contribution is 2.19. The minimum atomic E-state index is -3.62. The molecule has 1 heterocycles. The van der Waals surface area contributed by atoms with Crippen LogP contribution in [0.4, 0.5) is 0 Å². The maximum atomic E-state index is 12.7. The first-order valence-corrected chi connectivity index (χ1v) is 11.0. The summed E-state index contributed by atoms with van der Waals surface area (Å²) >= 11 is 5.82. The summed E-state index contributed by atoms with van der Waals surface area (Å²) < 4.78 is 26.7. The van der Waals surface area contributed by atoms with Gasteiger partial charge in [-0.25, -0.2) is 8.42 Å². The molecule has 154 valence electrons. The van der Waals surface area contributed by atoms with Crippen molar-refractivity contribution >= 4 is 33.4 Å². The molecule has 29 heavy (non-hydrogen) atoms. The standard InChI is InChI=1S/C20H22ClN3O4S/c21-17-6-8-18(9-7-17)29(27,28)24-12-10-23(11-13-24)20(26)15-22-19(25)14-16-4-2-1-3-5-16/h1-9H,10-15H2,(H,22,25). The number of hydrogen-bond acceptors (Lipinski definition) is 4. The summed E-state index contributed by atoms with van der Waals surface area (Å²) in [6, 6.07) is 15.3. The number of rotatable bonds is 6.